The molecule has 1 amide bonds. The van der Waals surface area contributed by atoms with Gasteiger partial charge in [-0.15, -0.1) is 0 Å². The molecule has 0 aliphatic heterocycles. The number of nitrogens with one attached hydrogen (secondary N) is 1. The fraction of sp³-hybridized carbons (Fsp3) is 0.267. The van der Waals surface area contributed by atoms with E-state index in [1.165, 1.54) is 0 Å². The van der Waals surface area contributed by atoms with Crippen molar-refractivity contribution in [2.75, 3.05) is 0 Å². The molecule has 0 bridgehead atoms. The second-order valence-corrected chi connectivity index (χ2v) is 4.94. The van der Waals surface area contributed by atoms with Crippen LogP contribution in [0.3, 0.4) is 0 Å². The van der Waals surface area contributed by atoms with E-state index >= 15 is 0 Å². The minimum Gasteiger partial charge on any atom is -0.480 e. The van der Waals surface area contributed by atoms with Gasteiger partial charge in [0.05, 0.1) is 5.52 Å². The second-order valence-electron chi connectivity index (χ2n) is 4.94. The zero-order valence-electron chi connectivity index (χ0n) is 11.3. The number of aromatic nitrogens is 1. The van der Waals surface area contributed by atoms with Crippen LogP contribution in [0.5, 0.6) is 0 Å². The van der Waals surface area contributed by atoms with Gasteiger partial charge in [-0.05, 0) is 30.2 Å². The van der Waals surface area contributed by atoms with Gasteiger partial charge < -0.3 is 10.4 Å². The molecule has 2 rings (SSSR count). The van der Waals surface area contributed by atoms with Crippen LogP contribution >= 0.6 is 0 Å². The van der Waals surface area contributed by atoms with Crippen molar-refractivity contribution in [3.63, 3.8) is 0 Å². The Morgan fingerprint density at radius 3 is 2.65 bits per heavy atom. The van der Waals surface area contributed by atoms with Crippen LogP contribution in [0.2, 0.25) is 0 Å². The Morgan fingerprint density at radius 1 is 1.25 bits per heavy atom. The number of carboxylic acids is 1. The van der Waals surface area contributed by atoms with E-state index in [2.05, 4.69) is 10.3 Å². The van der Waals surface area contributed by atoms with E-state index in [0.717, 1.165) is 10.9 Å². The number of hydrogen-bond donors (Lipinski definition) is 2. The predicted octanol–water partition coefficient (Wildman–Crippen LogP) is 2.07. The number of amides is 1. The third kappa shape index (κ3) is 2.93. The van der Waals surface area contributed by atoms with E-state index in [1.807, 2.05) is 6.07 Å². The molecule has 0 aliphatic carbocycles. The van der Waals surface area contributed by atoms with Crippen molar-refractivity contribution in [2.45, 2.75) is 19.9 Å². The number of fused-ring (bicyclic) bond motifs is 1. The number of rotatable bonds is 4. The van der Waals surface area contributed by atoms with Gasteiger partial charge in [0.25, 0.3) is 5.91 Å². The van der Waals surface area contributed by atoms with E-state index in [4.69, 9.17) is 5.11 Å². The number of hydrogen-bond acceptors (Lipinski definition) is 3. The zero-order chi connectivity index (χ0) is 14.7. The van der Waals surface area contributed by atoms with Gasteiger partial charge in [-0.3, -0.25) is 9.78 Å². The Hall–Kier alpha value is -2.43. The van der Waals surface area contributed by atoms with Crippen molar-refractivity contribution in [1.29, 1.82) is 0 Å². The van der Waals surface area contributed by atoms with Gasteiger partial charge in [-0.1, -0.05) is 19.9 Å². The van der Waals surface area contributed by atoms with E-state index < -0.39 is 17.9 Å². The van der Waals surface area contributed by atoms with Gasteiger partial charge >= 0.3 is 5.97 Å². The monoisotopic (exact) mass is 272 g/mol. The van der Waals surface area contributed by atoms with Gasteiger partial charge in [-0.25, -0.2) is 4.79 Å². The molecule has 0 radical (unpaired) electrons. The molecule has 5 nitrogen and oxygen atoms in total. The van der Waals surface area contributed by atoms with Gasteiger partial charge in [0.15, 0.2) is 0 Å². The number of carbonyl (C=O) groups excluding carboxylic acids is 1. The minimum atomic E-state index is -1.03. The number of carboxylic acid groups (broad SMARTS) is 1. The molecule has 0 fully saturated rings. The normalized spacial score (nSPS) is 12.3. The summed E-state index contributed by atoms with van der Waals surface area (Å²) >= 11 is 0. The molecule has 0 aliphatic rings. The summed E-state index contributed by atoms with van der Waals surface area (Å²) in [7, 11) is 0. The lowest BCUT2D eigenvalue weighted by atomic mass is 10.0. The molecule has 2 aromatic rings. The smallest absolute Gasteiger partial charge is 0.326 e. The maximum absolute atomic E-state index is 12.1. The molecular formula is C15H16N2O3. The molecule has 0 saturated heterocycles. The first-order chi connectivity index (χ1) is 9.49. The third-order valence-corrected chi connectivity index (χ3v) is 3.08. The number of carbonyl (C=O) groups is 2. The SMILES string of the molecule is CC(C)C(NC(=O)c1ccc2ncccc2c1)C(=O)O. The van der Waals surface area contributed by atoms with E-state index in [1.54, 1.807) is 44.3 Å². The summed E-state index contributed by atoms with van der Waals surface area (Å²) < 4.78 is 0. The maximum atomic E-state index is 12.1. The molecule has 1 heterocycles. The second kappa shape index (κ2) is 5.69. The molecule has 104 valence electrons. The summed E-state index contributed by atoms with van der Waals surface area (Å²) in [6, 6.07) is 7.84. The Bertz CT molecular complexity index is 652. The largest absolute Gasteiger partial charge is 0.480 e. The topological polar surface area (TPSA) is 79.3 Å². The zero-order valence-corrected chi connectivity index (χ0v) is 11.3. The van der Waals surface area contributed by atoms with Crippen molar-refractivity contribution in [1.82, 2.24) is 10.3 Å². The van der Waals surface area contributed by atoms with Crippen LogP contribution in [-0.4, -0.2) is 28.0 Å². The van der Waals surface area contributed by atoms with Gasteiger partial charge in [-0.2, -0.15) is 0 Å². The Kier molecular flexibility index (Phi) is 3.98. The van der Waals surface area contributed by atoms with Crippen LogP contribution in [0, 0.1) is 5.92 Å². The van der Waals surface area contributed by atoms with Crippen LogP contribution in [0.25, 0.3) is 10.9 Å². The lowest BCUT2D eigenvalue weighted by molar-refractivity contribution is -0.140. The first-order valence-electron chi connectivity index (χ1n) is 6.37. The summed E-state index contributed by atoms with van der Waals surface area (Å²) in [6.07, 6.45) is 1.68. The summed E-state index contributed by atoms with van der Waals surface area (Å²) in [5.41, 5.74) is 1.22. The van der Waals surface area contributed by atoms with Crippen molar-refractivity contribution in [3.8, 4) is 0 Å². The maximum Gasteiger partial charge on any atom is 0.326 e. The fourth-order valence-electron chi connectivity index (χ4n) is 1.95. The highest BCUT2D eigenvalue weighted by Crippen LogP contribution is 2.14. The van der Waals surface area contributed by atoms with Crippen molar-refractivity contribution in [3.05, 3.63) is 42.1 Å². The molecule has 5 heteroatoms. The molecule has 0 saturated carbocycles. The van der Waals surface area contributed by atoms with E-state index in [-0.39, 0.29) is 5.92 Å². The molecule has 1 aromatic carbocycles. The molecule has 1 unspecified atom stereocenters. The Balaban J connectivity index is 2.24. The standard InChI is InChI=1S/C15H16N2O3/c1-9(2)13(15(19)20)17-14(18)11-5-6-12-10(8-11)4-3-7-16-12/h3-9,13H,1-2H3,(H,17,18)(H,19,20). The van der Waals surface area contributed by atoms with E-state index in [0.29, 0.717) is 5.56 Å². The van der Waals surface area contributed by atoms with E-state index in [9.17, 15) is 9.59 Å². The summed E-state index contributed by atoms with van der Waals surface area (Å²) in [5.74, 6) is -1.61. The molecule has 20 heavy (non-hydrogen) atoms. The van der Waals surface area contributed by atoms with Crippen LogP contribution in [0.1, 0.15) is 24.2 Å². The molecule has 2 N–H and O–H groups in total. The fourth-order valence-corrected chi connectivity index (χ4v) is 1.95. The first-order valence-corrected chi connectivity index (χ1v) is 6.37. The number of aliphatic carboxylic acids is 1. The van der Waals surface area contributed by atoms with Crippen LogP contribution in [0.15, 0.2) is 36.5 Å². The van der Waals surface area contributed by atoms with Gasteiger partial charge in [0.1, 0.15) is 6.04 Å². The average Bonchev–Trinajstić information content (AvgIpc) is 2.43. The van der Waals surface area contributed by atoms with Crippen LogP contribution < -0.4 is 5.32 Å². The van der Waals surface area contributed by atoms with Crippen LogP contribution in [-0.2, 0) is 4.79 Å². The van der Waals surface area contributed by atoms with Crippen molar-refractivity contribution >= 4 is 22.8 Å². The predicted molar refractivity (Wildman–Crippen MR) is 75.5 cm³/mol. The number of pyridine rings is 1. The highest BCUT2D eigenvalue weighted by molar-refractivity contribution is 5.99. The molecule has 1 aromatic heterocycles. The lowest BCUT2D eigenvalue weighted by Crippen LogP contribution is -2.44. The van der Waals surface area contributed by atoms with Crippen LogP contribution in [0.4, 0.5) is 0 Å². The Labute approximate surface area is 116 Å². The Morgan fingerprint density at radius 2 is 2.00 bits per heavy atom. The van der Waals surface area contributed by atoms with Gasteiger partial charge in [0, 0.05) is 17.1 Å². The number of benzene rings is 1. The summed E-state index contributed by atoms with van der Waals surface area (Å²) in [6.45, 7) is 3.51. The first kappa shape index (κ1) is 14.0. The summed E-state index contributed by atoms with van der Waals surface area (Å²) in [4.78, 5) is 27.4. The quantitative estimate of drug-likeness (QED) is 0.893. The highest BCUT2D eigenvalue weighted by atomic mass is 16.4. The lowest BCUT2D eigenvalue weighted by Gasteiger charge is -2.17. The third-order valence-electron chi connectivity index (χ3n) is 3.08. The summed E-state index contributed by atoms with van der Waals surface area (Å²) in [5, 5.41) is 12.5. The molecule has 1 atom stereocenters. The van der Waals surface area contributed by atoms with Crippen molar-refractivity contribution in [2.24, 2.45) is 5.92 Å². The van der Waals surface area contributed by atoms with Gasteiger partial charge in [0.2, 0.25) is 0 Å². The average molecular weight is 272 g/mol. The minimum absolute atomic E-state index is 0.182. The highest BCUT2D eigenvalue weighted by Gasteiger charge is 2.23. The molecular weight excluding hydrogens is 256 g/mol. The van der Waals surface area contributed by atoms with Crippen molar-refractivity contribution < 1.29 is 14.7 Å². The number of nitrogens with zero attached hydrogens (tertiary/aromatic N) is 1. The molecule has 0 spiro atoms.